The number of carbonyl (C=O) groups excluding carboxylic acids is 1. The minimum absolute atomic E-state index is 0.00684. The zero-order valence-corrected chi connectivity index (χ0v) is 21.9. The van der Waals surface area contributed by atoms with E-state index in [1.54, 1.807) is 4.90 Å². The third-order valence-corrected chi connectivity index (χ3v) is 8.31. The van der Waals surface area contributed by atoms with E-state index in [4.69, 9.17) is 5.11 Å². The molecule has 0 aliphatic carbocycles. The fraction of sp³-hybridized carbons (Fsp3) is 0.462. The maximum atomic E-state index is 13.5. The molecular formula is C26H27F4N3O5S. The molecule has 1 N–H and O–H groups in total. The summed E-state index contributed by atoms with van der Waals surface area (Å²) in [6.07, 6.45) is -4.68. The SMILES string of the molecule is Cc1c(C(=O)N2CCC(CC(=O)O)CC2)sc2c1c(=O)n(CCc1ccc(F)cc1)c(=O)n2CCC(F)(F)F. The number of aryl methyl sites for hydroxylation is 3. The molecule has 0 spiro atoms. The van der Waals surface area contributed by atoms with Crippen LogP contribution in [-0.4, -0.2) is 50.3 Å². The zero-order chi connectivity index (χ0) is 28.5. The first kappa shape index (κ1) is 28.5. The largest absolute Gasteiger partial charge is 0.481 e. The fourth-order valence-electron chi connectivity index (χ4n) is 4.85. The zero-order valence-electron chi connectivity index (χ0n) is 21.1. The molecule has 13 heteroatoms. The molecule has 1 aromatic carbocycles. The number of carboxylic acid groups (broad SMARTS) is 1. The van der Waals surface area contributed by atoms with Crippen molar-refractivity contribution in [1.29, 1.82) is 0 Å². The lowest BCUT2D eigenvalue weighted by molar-refractivity contribution is -0.138. The molecule has 2 aromatic heterocycles. The second-order valence-electron chi connectivity index (χ2n) is 9.70. The van der Waals surface area contributed by atoms with Gasteiger partial charge in [-0.1, -0.05) is 12.1 Å². The highest BCUT2D eigenvalue weighted by atomic mass is 32.1. The number of thiophene rings is 1. The van der Waals surface area contributed by atoms with Crippen LogP contribution < -0.4 is 11.2 Å². The molecule has 39 heavy (non-hydrogen) atoms. The number of fused-ring (bicyclic) bond motifs is 1. The van der Waals surface area contributed by atoms with E-state index in [0.717, 1.165) is 20.5 Å². The number of rotatable bonds is 8. The van der Waals surface area contributed by atoms with E-state index < -0.39 is 48.1 Å². The lowest BCUT2D eigenvalue weighted by Gasteiger charge is -2.31. The van der Waals surface area contributed by atoms with Gasteiger partial charge in [-0.15, -0.1) is 11.3 Å². The Bertz CT molecular complexity index is 1500. The molecule has 3 heterocycles. The molecule has 1 amide bonds. The molecule has 4 rings (SSSR count). The molecule has 0 unspecified atom stereocenters. The van der Waals surface area contributed by atoms with Gasteiger partial charge in [-0.25, -0.2) is 9.18 Å². The summed E-state index contributed by atoms with van der Waals surface area (Å²) in [5.41, 5.74) is -0.690. The van der Waals surface area contributed by atoms with Crippen LogP contribution in [0.15, 0.2) is 33.9 Å². The van der Waals surface area contributed by atoms with E-state index in [1.807, 2.05) is 0 Å². The maximum absolute atomic E-state index is 13.5. The molecular weight excluding hydrogens is 542 g/mol. The Labute approximate surface area is 224 Å². The van der Waals surface area contributed by atoms with Gasteiger partial charge in [0.1, 0.15) is 10.6 Å². The number of nitrogens with zero attached hydrogens (tertiary/aromatic N) is 3. The Kier molecular flexibility index (Phi) is 8.28. The van der Waals surface area contributed by atoms with Crippen molar-refractivity contribution in [2.24, 2.45) is 5.92 Å². The Morgan fingerprint density at radius 3 is 2.28 bits per heavy atom. The molecule has 8 nitrogen and oxygen atoms in total. The van der Waals surface area contributed by atoms with E-state index in [2.05, 4.69) is 0 Å². The lowest BCUT2D eigenvalue weighted by Crippen LogP contribution is -2.40. The monoisotopic (exact) mass is 569 g/mol. The smallest absolute Gasteiger partial charge is 0.390 e. The number of alkyl halides is 3. The number of hydrogen-bond donors (Lipinski definition) is 1. The van der Waals surface area contributed by atoms with Crippen molar-refractivity contribution in [1.82, 2.24) is 14.0 Å². The number of hydrogen-bond acceptors (Lipinski definition) is 5. The van der Waals surface area contributed by atoms with Crippen molar-refractivity contribution in [2.45, 2.75) is 58.3 Å². The van der Waals surface area contributed by atoms with E-state index >= 15 is 0 Å². The van der Waals surface area contributed by atoms with E-state index in [0.29, 0.717) is 31.5 Å². The molecule has 0 radical (unpaired) electrons. The second kappa shape index (κ2) is 11.3. The Morgan fingerprint density at radius 2 is 1.69 bits per heavy atom. The number of piperidine rings is 1. The fourth-order valence-corrected chi connectivity index (χ4v) is 6.14. The van der Waals surface area contributed by atoms with Crippen LogP contribution in [0.25, 0.3) is 10.2 Å². The van der Waals surface area contributed by atoms with Gasteiger partial charge in [-0.3, -0.25) is 23.5 Å². The Balaban J connectivity index is 1.72. The van der Waals surface area contributed by atoms with Crippen LogP contribution in [-0.2, 0) is 24.3 Å². The minimum Gasteiger partial charge on any atom is -0.481 e. The molecule has 210 valence electrons. The predicted octanol–water partition coefficient (Wildman–Crippen LogP) is 4.19. The molecule has 1 aliphatic rings. The summed E-state index contributed by atoms with van der Waals surface area (Å²) in [5, 5.41) is 9.04. The summed E-state index contributed by atoms with van der Waals surface area (Å²) in [4.78, 5) is 52.8. The first-order valence-electron chi connectivity index (χ1n) is 12.4. The summed E-state index contributed by atoms with van der Waals surface area (Å²) in [6.45, 7) is 1.30. The number of carbonyl (C=O) groups is 2. The number of aromatic nitrogens is 2. The van der Waals surface area contributed by atoms with Gasteiger partial charge in [-0.05, 0) is 55.4 Å². The molecule has 1 aliphatic heterocycles. The Morgan fingerprint density at radius 1 is 1.05 bits per heavy atom. The van der Waals surface area contributed by atoms with Crippen molar-refractivity contribution in [3.8, 4) is 0 Å². The van der Waals surface area contributed by atoms with Crippen molar-refractivity contribution in [2.75, 3.05) is 13.1 Å². The van der Waals surface area contributed by atoms with Crippen LogP contribution in [0.2, 0.25) is 0 Å². The van der Waals surface area contributed by atoms with Crippen LogP contribution in [0, 0.1) is 18.7 Å². The molecule has 0 atom stereocenters. The number of amides is 1. The molecule has 0 saturated carbocycles. The molecule has 0 bridgehead atoms. The van der Waals surface area contributed by atoms with Crippen LogP contribution in [0.3, 0.4) is 0 Å². The van der Waals surface area contributed by atoms with Gasteiger partial charge in [0.2, 0.25) is 0 Å². The first-order valence-corrected chi connectivity index (χ1v) is 13.3. The van der Waals surface area contributed by atoms with Gasteiger partial charge < -0.3 is 10.0 Å². The highest BCUT2D eigenvalue weighted by Gasteiger charge is 2.31. The van der Waals surface area contributed by atoms with Gasteiger partial charge in [0.05, 0.1) is 16.7 Å². The summed E-state index contributed by atoms with van der Waals surface area (Å²) >= 11 is 0.823. The van der Waals surface area contributed by atoms with E-state index in [9.17, 15) is 36.7 Å². The van der Waals surface area contributed by atoms with Gasteiger partial charge >= 0.3 is 17.8 Å². The standard InChI is InChI=1S/C26H27F4N3O5S/c1-15-20-22(36)32(12-8-16-2-4-18(27)5-3-16)25(38)33(13-9-26(28,29)30)24(20)39-21(15)23(37)31-10-6-17(7-11-31)14-19(34)35/h2-5,17H,6-14H2,1H3,(H,34,35). The number of carboxylic acids is 1. The van der Waals surface area contributed by atoms with Crippen molar-refractivity contribution in [3.05, 3.63) is 66.9 Å². The number of likely N-dealkylation sites (tertiary alicyclic amines) is 1. The molecule has 1 saturated heterocycles. The first-order chi connectivity index (χ1) is 18.4. The summed E-state index contributed by atoms with van der Waals surface area (Å²) in [6, 6.07) is 5.45. The minimum atomic E-state index is -4.55. The van der Waals surface area contributed by atoms with Crippen molar-refractivity contribution < 1.29 is 32.3 Å². The third-order valence-electron chi connectivity index (χ3n) is 7.01. The van der Waals surface area contributed by atoms with E-state index in [1.165, 1.54) is 31.2 Å². The number of benzene rings is 1. The van der Waals surface area contributed by atoms with Crippen molar-refractivity contribution in [3.63, 3.8) is 0 Å². The number of aliphatic carboxylic acids is 1. The summed E-state index contributed by atoms with van der Waals surface area (Å²) in [5.74, 6) is -1.83. The Hall–Kier alpha value is -3.48. The highest BCUT2D eigenvalue weighted by Crippen LogP contribution is 2.31. The van der Waals surface area contributed by atoms with Gasteiger partial charge in [0.25, 0.3) is 11.5 Å². The second-order valence-corrected chi connectivity index (χ2v) is 10.7. The summed E-state index contributed by atoms with van der Waals surface area (Å²) < 4.78 is 54.4. The lowest BCUT2D eigenvalue weighted by atomic mass is 9.93. The van der Waals surface area contributed by atoms with Crippen LogP contribution in [0.5, 0.6) is 0 Å². The molecule has 1 fully saturated rings. The summed E-state index contributed by atoms with van der Waals surface area (Å²) in [7, 11) is 0. The highest BCUT2D eigenvalue weighted by molar-refractivity contribution is 7.20. The van der Waals surface area contributed by atoms with Crippen LogP contribution in [0.1, 0.15) is 46.5 Å². The van der Waals surface area contributed by atoms with Crippen molar-refractivity contribution >= 4 is 33.4 Å². The van der Waals surface area contributed by atoms with Crippen LogP contribution >= 0.6 is 11.3 Å². The molecule has 3 aromatic rings. The van der Waals surface area contributed by atoms with Gasteiger partial charge in [0, 0.05) is 32.6 Å². The maximum Gasteiger partial charge on any atom is 0.390 e. The quantitative estimate of drug-likeness (QED) is 0.410. The third kappa shape index (κ3) is 6.40. The van der Waals surface area contributed by atoms with E-state index in [-0.39, 0.29) is 46.0 Å². The topological polar surface area (TPSA) is 102 Å². The predicted molar refractivity (Wildman–Crippen MR) is 137 cm³/mol. The van der Waals surface area contributed by atoms with Crippen LogP contribution in [0.4, 0.5) is 17.6 Å². The van der Waals surface area contributed by atoms with Gasteiger partial charge in [-0.2, -0.15) is 13.2 Å². The van der Waals surface area contributed by atoms with Gasteiger partial charge in [0.15, 0.2) is 0 Å². The number of halogens is 4. The normalized spacial score (nSPS) is 14.7. The average molecular weight is 570 g/mol. The average Bonchev–Trinajstić information content (AvgIpc) is 3.21.